The number of benzene rings is 1. The van der Waals surface area contributed by atoms with Gasteiger partial charge in [0.05, 0.1) is 12.8 Å². The quantitative estimate of drug-likeness (QED) is 0.546. The van der Waals surface area contributed by atoms with Crippen LogP contribution in [0.3, 0.4) is 0 Å². The van der Waals surface area contributed by atoms with Gasteiger partial charge in [-0.2, -0.15) is 0 Å². The highest BCUT2D eigenvalue weighted by atomic mass is 32.1. The molecule has 0 bridgehead atoms. The highest BCUT2D eigenvalue weighted by Crippen LogP contribution is 2.41. The van der Waals surface area contributed by atoms with Crippen molar-refractivity contribution in [2.75, 3.05) is 19.5 Å². The van der Waals surface area contributed by atoms with Crippen LogP contribution in [0.15, 0.2) is 54.7 Å². The lowest BCUT2D eigenvalue weighted by molar-refractivity contribution is 0.374. The first-order valence-corrected chi connectivity index (χ1v) is 8.92. The van der Waals surface area contributed by atoms with E-state index in [0.29, 0.717) is 5.75 Å². The summed E-state index contributed by atoms with van der Waals surface area (Å²) in [6.07, 6.45) is 1.81. The van der Waals surface area contributed by atoms with Crippen molar-refractivity contribution in [2.24, 2.45) is 0 Å². The van der Waals surface area contributed by atoms with Gasteiger partial charge in [0.25, 0.3) is 0 Å². The molecular weight excluding hydrogens is 346 g/mol. The molecule has 0 saturated carbocycles. The fraction of sp³-hybridized carbons (Fsp3) is 0.100. The second kappa shape index (κ2) is 6.65. The molecule has 130 valence electrons. The second-order valence-corrected chi connectivity index (χ2v) is 6.77. The number of phenolic OH excluding ortho intramolecular Hbond substituents is 1. The van der Waals surface area contributed by atoms with E-state index in [4.69, 9.17) is 9.72 Å². The molecule has 0 amide bonds. The molecule has 0 spiro atoms. The Bertz CT molecular complexity index is 1070. The fourth-order valence-corrected chi connectivity index (χ4v) is 3.85. The van der Waals surface area contributed by atoms with Crippen molar-refractivity contribution in [2.45, 2.75) is 0 Å². The molecule has 0 saturated heterocycles. The van der Waals surface area contributed by atoms with Crippen LogP contribution in [0, 0.1) is 0 Å². The number of anilines is 1. The van der Waals surface area contributed by atoms with Crippen LogP contribution < -0.4 is 10.1 Å². The molecular formula is C20H17N3O2S. The Balaban J connectivity index is 1.76. The lowest BCUT2D eigenvalue weighted by Gasteiger charge is -2.06. The average Bonchev–Trinajstić information content (AvgIpc) is 3.11. The summed E-state index contributed by atoms with van der Waals surface area (Å²) in [5.41, 5.74) is 2.58. The third-order valence-electron chi connectivity index (χ3n) is 4.18. The second-order valence-electron chi connectivity index (χ2n) is 5.74. The van der Waals surface area contributed by atoms with E-state index >= 15 is 0 Å². The summed E-state index contributed by atoms with van der Waals surface area (Å²) < 4.78 is 5.20. The van der Waals surface area contributed by atoms with Crippen molar-refractivity contribution in [3.63, 3.8) is 0 Å². The molecule has 4 rings (SSSR count). The van der Waals surface area contributed by atoms with Crippen molar-refractivity contribution in [3.05, 3.63) is 54.7 Å². The van der Waals surface area contributed by atoms with E-state index in [1.807, 2.05) is 55.7 Å². The predicted octanol–water partition coefficient (Wildman–Crippen LogP) is 4.78. The van der Waals surface area contributed by atoms with Crippen LogP contribution in [0.5, 0.6) is 11.5 Å². The molecule has 0 aliphatic carbocycles. The fourth-order valence-electron chi connectivity index (χ4n) is 2.79. The van der Waals surface area contributed by atoms with Crippen LogP contribution in [0.2, 0.25) is 0 Å². The zero-order valence-corrected chi connectivity index (χ0v) is 15.2. The molecule has 5 nitrogen and oxygen atoms in total. The number of para-hydroxylation sites is 1. The van der Waals surface area contributed by atoms with E-state index in [1.54, 1.807) is 24.5 Å². The largest absolute Gasteiger partial charge is 0.504 e. The Kier molecular flexibility index (Phi) is 4.18. The Morgan fingerprint density at radius 2 is 2.00 bits per heavy atom. The number of pyridine rings is 2. The number of fused-ring (bicyclic) bond motifs is 1. The van der Waals surface area contributed by atoms with Crippen LogP contribution in [0.1, 0.15) is 0 Å². The topological polar surface area (TPSA) is 67.3 Å². The van der Waals surface area contributed by atoms with Crippen LogP contribution in [-0.4, -0.2) is 29.2 Å². The summed E-state index contributed by atoms with van der Waals surface area (Å²) in [5.74, 6) is 1.43. The SMILES string of the molecule is CNc1ccc(-c2ccc3cc(-c4cccc(OC)c4O)sc3n2)cn1. The Morgan fingerprint density at radius 1 is 1.12 bits per heavy atom. The van der Waals surface area contributed by atoms with E-state index in [2.05, 4.69) is 10.3 Å². The van der Waals surface area contributed by atoms with Gasteiger partial charge in [-0.3, -0.25) is 0 Å². The minimum absolute atomic E-state index is 0.147. The normalized spacial score (nSPS) is 10.8. The Hall–Kier alpha value is -3.12. The molecule has 3 heterocycles. The third kappa shape index (κ3) is 2.84. The molecule has 0 aliphatic rings. The van der Waals surface area contributed by atoms with Crippen molar-refractivity contribution < 1.29 is 9.84 Å². The van der Waals surface area contributed by atoms with Gasteiger partial charge in [0, 0.05) is 34.6 Å². The van der Waals surface area contributed by atoms with Gasteiger partial charge in [0.1, 0.15) is 10.6 Å². The number of hydrogen-bond acceptors (Lipinski definition) is 6. The number of aromatic nitrogens is 2. The van der Waals surface area contributed by atoms with Gasteiger partial charge in [-0.1, -0.05) is 6.07 Å². The van der Waals surface area contributed by atoms with E-state index in [0.717, 1.165) is 37.7 Å². The van der Waals surface area contributed by atoms with E-state index in [-0.39, 0.29) is 5.75 Å². The Morgan fingerprint density at radius 3 is 2.73 bits per heavy atom. The maximum Gasteiger partial charge on any atom is 0.166 e. The minimum Gasteiger partial charge on any atom is -0.504 e. The Labute approximate surface area is 154 Å². The van der Waals surface area contributed by atoms with Gasteiger partial charge in [-0.05, 0) is 42.5 Å². The molecule has 1 aromatic carbocycles. The number of methoxy groups -OCH3 is 1. The number of thiophene rings is 1. The van der Waals surface area contributed by atoms with Crippen molar-refractivity contribution in [3.8, 4) is 33.2 Å². The average molecular weight is 363 g/mol. The number of phenols is 1. The van der Waals surface area contributed by atoms with Crippen LogP contribution >= 0.6 is 11.3 Å². The van der Waals surface area contributed by atoms with Crippen LogP contribution in [-0.2, 0) is 0 Å². The molecule has 0 unspecified atom stereocenters. The number of hydrogen-bond donors (Lipinski definition) is 2. The van der Waals surface area contributed by atoms with E-state index in [9.17, 15) is 5.11 Å². The summed E-state index contributed by atoms with van der Waals surface area (Å²) in [5, 5.41) is 14.4. The lowest BCUT2D eigenvalue weighted by atomic mass is 10.1. The van der Waals surface area contributed by atoms with Crippen LogP contribution in [0.4, 0.5) is 5.82 Å². The molecule has 6 heteroatoms. The monoisotopic (exact) mass is 363 g/mol. The predicted molar refractivity (Wildman–Crippen MR) is 106 cm³/mol. The van der Waals surface area contributed by atoms with E-state index in [1.165, 1.54) is 0 Å². The van der Waals surface area contributed by atoms with Crippen molar-refractivity contribution in [1.82, 2.24) is 9.97 Å². The van der Waals surface area contributed by atoms with Gasteiger partial charge in [-0.25, -0.2) is 9.97 Å². The molecule has 0 aliphatic heterocycles. The summed E-state index contributed by atoms with van der Waals surface area (Å²) in [7, 11) is 3.39. The van der Waals surface area contributed by atoms with Gasteiger partial charge in [0.2, 0.25) is 0 Å². The highest BCUT2D eigenvalue weighted by Gasteiger charge is 2.13. The number of nitrogens with one attached hydrogen (secondary N) is 1. The highest BCUT2D eigenvalue weighted by molar-refractivity contribution is 7.21. The zero-order valence-electron chi connectivity index (χ0n) is 14.4. The smallest absolute Gasteiger partial charge is 0.166 e. The molecule has 0 atom stereocenters. The maximum absolute atomic E-state index is 10.4. The number of nitrogens with zero attached hydrogens (tertiary/aromatic N) is 2. The van der Waals surface area contributed by atoms with Crippen molar-refractivity contribution in [1.29, 1.82) is 0 Å². The number of aromatic hydroxyl groups is 1. The first-order chi connectivity index (χ1) is 12.7. The van der Waals surface area contributed by atoms with Gasteiger partial charge in [-0.15, -0.1) is 11.3 Å². The molecule has 0 fully saturated rings. The van der Waals surface area contributed by atoms with Gasteiger partial charge < -0.3 is 15.2 Å². The lowest BCUT2D eigenvalue weighted by Crippen LogP contribution is -1.91. The molecule has 2 N–H and O–H groups in total. The molecule has 26 heavy (non-hydrogen) atoms. The third-order valence-corrected chi connectivity index (χ3v) is 5.26. The first kappa shape index (κ1) is 16.4. The summed E-state index contributed by atoms with van der Waals surface area (Å²) in [4.78, 5) is 11.0. The van der Waals surface area contributed by atoms with E-state index < -0.39 is 0 Å². The van der Waals surface area contributed by atoms with Crippen molar-refractivity contribution >= 4 is 27.4 Å². The molecule has 0 radical (unpaired) electrons. The summed E-state index contributed by atoms with van der Waals surface area (Å²) in [6.45, 7) is 0. The number of rotatable bonds is 4. The zero-order chi connectivity index (χ0) is 18.1. The standard InChI is InChI=1S/C20H17N3O2S/c1-21-18-9-7-13(11-22-18)15-8-6-12-10-17(26-20(12)23-15)14-4-3-5-16(25-2)19(14)24/h3-11,24H,1-2H3,(H,21,22). The summed E-state index contributed by atoms with van der Waals surface area (Å²) in [6, 6.07) is 15.5. The van der Waals surface area contributed by atoms with Crippen LogP contribution in [0.25, 0.3) is 31.9 Å². The number of ether oxygens (including phenoxy) is 1. The first-order valence-electron chi connectivity index (χ1n) is 8.10. The minimum atomic E-state index is 0.147. The van der Waals surface area contributed by atoms with Gasteiger partial charge in [0.15, 0.2) is 11.5 Å². The molecule has 3 aromatic heterocycles. The maximum atomic E-state index is 10.4. The van der Waals surface area contributed by atoms with Gasteiger partial charge >= 0.3 is 0 Å². The summed E-state index contributed by atoms with van der Waals surface area (Å²) >= 11 is 1.54. The molecule has 4 aromatic rings.